The molecule has 0 bridgehead atoms. The quantitative estimate of drug-likeness (QED) is 0.364. The Balaban J connectivity index is 1.39. The zero-order chi connectivity index (χ0) is 23.4. The van der Waals surface area contributed by atoms with E-state index in [0.29, 0.717) is 28.0 Å². The summed E-state index contributed by atoms with van der Waals surface area (Å²) in [7, 11) is 0. The average molecular weight is 549 g/mol. The fourth-order valence-electron chi connectivity index (χ4n) is 3.49. The normalized spacial score (nSPS) is 15.4. The predicted octanol–water partition coefficient (Wildman–Crippen LogP) is 5.83. The van der Waals surface area contributed by atoms with E-state index in [1.54, 1.807) is 35.2 Å². The molecule has 0 radical (unpaired) electrons. The number of para-hydroxylation sites is 1. The number of carbonyl (C=O) groups excluding carboxylic acids is 2. The maximum Gasteiger partial charge on any atom is 0.243 e. The van der Waals surface area contributed by atoms with Gasteiger partial charge in [-0.3, -0.25) is 20.4 Å². The molecule has 0 spiro atoms. The number of ether oxygens (including phenoxy) is 1. The summed E-state index contributed by atoms with van der Waals surface area (Å²) in [5.74, 6) is -0.284. The molecule has 2 N–H and O–H groups in total. The van der Waals surface area contributed by atoms with Crippen molar-refractivity contribution < 1.29 is 14.3 Å². The number of amides is 2. The van der Waals surface area contributed by atoms with Crippen LogP contribution < -0.4 is 20.5 Å². The highest BCUT2D eigenvalue weighted by molar-refractivity contribution is 9.10. The van der Waals surface area contributed by atoms with Crippen molar-refractivity contribution in [2.45, 2.75) is 13.0 Å². The van der Waals surface area contributed by atoms with Crippen molar-refractivity contribution in [2.75, 3.05) is 16.9 Å². The Morgan fingerprint density at radius 3 is 2.64 bits per heavy atom. The van der Waals surface area contributed by atoms with Gasteiger partial charge in [-0.2, -0.15) is 0 Å². The van der Waals surface area contributed by atoms with Crippen LogP contribution in [0.5, 0.6) is 5.75 Å². The van der Waals surface area contributed by atoms with Gasteiger partial charge in [0.15, 0.2) is 0 Å². The fourth-order valence-corrected chi connectivity index (χ4v) is 4.32. The van der Waals surface area contributed by atoms with Crippen molar-refractivity contribution in [3.05, 3.63) is 86.8 Å². The van der Waals surface area contributed by atoms with E-state index >= 15 is 0 Å². The number of carbonyl (C=O) groups is 2. The second-order valence-corrected chi connectivity index (χ2v) is 9.28. The van der Waals surface area contributed by atoms with Crippen LogP contribution in [0.1, 0.15) is 12.0 Å². The number of hydrazine groups is 1. The Morgan fingerprint density at radius 1 is 1.09 bits per heavy atom. The number of nitrogens with zero attached hydrogens (tertiary/aromatic N) is 1. The van der Waals surface area contributed by atoms with Gasteiger partial charge in [0.2, 0.25) is 11.8 Å². The van der Waals surface area contributed by atoms with Crippen molar-refractivity contribution in [3.63, 3.8) is 0 Å². The van der Waals surface area contributed by atoms with E-state index in [0.717, 1.165) is 15.7 Å². The van der Waals surface area contributed by atoms with Gasteiger partial charge < -0.3 is 9.64 Å². The first-order chi connectivity index (χ1) is 15.9. The maximum absolute atomic E-state index is 12.8. The fraction of sp³-hybridized carbons (Fsp3) is 0.167. The molecule has 0 aromatic heterocycles. The molecular formula is C24H20BrCl2N3O3. The minimum absolute atomic E-state index is 0.0762. The average Bonchev–Trinajstić information content (AvgIpc) is 3.20. The van der Waals surface area contributed by atoms with Crippen molar-refractivity contribution in [1.29, 1.82) is 0 Å². The molecule has 3 aromatic rings. The van der Waals surface area contributed by atoms with Crippen LogP contribution in [0, 0.1) is 5.92 Å². The lowest BCUT2D eigenvalue weighted by atomic mass is 10.1. The second kappa shape index (κ2) is 10.5. The predicted molar refractivity (Wildman–Crippen MR) is 134 cm³/mol. The summed E-state index contributed by atoms with van der Waals surface area (Å²) in [6.45, 7) is 0.552. The van der Waals surface area contributed by atoms with Crippen molar-refractivity contribution in [2.24, 2.45) is 5.92 Å². The minimum atomic E-state index is -0.463. The molecule has 0 saturated carbocycles. The number of hydrogen-bond acceptors (Lipinski definition) is 4. The highest BCUT2D eigenvalue weighted by atomic mass is 79.9. The third kappa shape index (κ3) is 5.79. The molecule has 2 amide bonds. The molecular weight excluding hydrogens is 529 g/mol. The van der Waals surface area contributed by atoms with E-state index in [4.69, 9.17) is 27.9 Å². The van der Waals surface area contributed by atoms with Crippen LogP contribution in [0.3, 0.4) is 0 Å². The first-order valence-corrected chi connectivity index (χ1v) is 11.7. The van der Waals surface area contributed by atoms with Crippen molar-refractivity contribution in [1.82, 2.24) is 5.43 Å². The molecule has 3 aromatic carbocycles. The highest BCUT2D eigenvalue weighted by Crippen LogP contribution is 2.30. The van der Waals surface area contributed by atoms with Gasteiger partial charge in [-0.15, -0.1) is 0 Å². The van der Waals surface area contributed by atoms with Crippen molar-refractivity contribution >= 4 is 62.3 Å². The lowest BCUT2D eigenvalue weighted by Crippen LogP contribution is -2.36. The van der Waals surface area contributed by atoms with E-state index in [9.17, 15) is 9.59 Å². The summed E-state index contributed by atoms with van der Waals surface area (Å²) < 4.78 is 6.73. The maximum atomic E-state index is 12.8. The van der Waals surface area contributed by atoms with Gasteiger partial charge in [-0.25, -0.2) is 0 Å². The third-order valence-electron chi connectivity index (χ3n) is 5.22. The third-order valence-corrected chi connectivity index (χ3v) is 6.30. The van der Waals surface area contributed by atoms with Gasteiger partial charge in [0.25, 0.3) is 0 Å². The smallest absolute Gasteiger partial charge is 0.243 e. The van der Waals surface area contributed by atoms with Crippen LogP contribution in [0.2, 0.25) is 10.0 Å². The molecule has 33 heavy (non-hydrogen) atoms. The van der Waals surface area contributed by atoms with Gasteiger partial charge in [0.05, 0.1) is 11.6 Å². The lowest BCUT2D eigenvalue weighted by Gasteiger charge is -2.18. The van der Waals surface area contributed by atoms with Crippen LogP contribution in [-0.4, -0.2) is 18.4 Å². The van der Waals surface area contributed by atoms with Crippen molar-refractivity contribution in [3.8, 4) is 5.75 Å². The van der Waals surface area contributed by atoms with E-state index in [1.807, 2.05) is 36.4 Å². The zero-order valence-electron chi connectivity index (χ0n) is 17.4. The highest BCUT2D eigenvalue weighted by Gasteiger charge is 2.35. The molecule has 0 unspecified atom stereocenters. The molecule has 170 valence electrons. The Hall–Kier alpha value is -2.74. The number of hydrogen-bond donors (Lipinski definition) is 2. The molecule has 1 saturated heterocycles. The van der Waals surface area contributed by atoms with E-state index in [-0.39, 0.29) is 24.8 Å². The summed E-state index contributed by atoms with van der Waals surface area (Å²) in [6, 6.07) is 19.9. The van der Waals surface area contributed by atoms with Gasteiger partial charge in [-0.1, -0.05) is 63.4 Å². The Bertz CT molecular complexity index is 1180. The molecule has 1 fully saturated rings. The summed E-state index contributed by atoms with van der Waals surface area (Å²) >= 11 is 15.6. The largest absolute Gasteiger partial charge is 0.487 e. The molecule has 0 aliphatic carbocycles. The molecule has 1 aliphatic heterocycles. The molecule has 1 heterocycles. The number of rotatable bonds is 7. The molecule has 6 nitrogen and oxygen atoms in total. The number of halogens is 3. The molecule has 1 atom stereocenters. The number of benzene rings is 3. The van der Waals surface area contributed by atoms with Crippen LogP contribution in [0.4, 0.5) is 11.4 Å². The van der Waals surface area contributed by atoms with Crippen LogP contribution >= 0.6 is 39.1 Å². The van der Waals surface area contributed by atoms with Gasteiger partial charge in [0, 0.05) is 38.7 Å². The van der Waals surface area contributed by atoms with E-state index < -0.39 is 5.92 Å². The molecule has 4 rings (SSSR count). The standard InChI is InChI=1S/C24H20BrCl2N3O3/c25-17-7-9-22(33-14-15-6-8-18(26)12-20(15)27)21(11-17)28-29-24(32)16-10-23(31)30(13-16)19-4-2-1-3-5-19/h1-9,11-12,16,28H,10,13-14H2,(H,29,32)/t16-/m1/s1. The second-order valence-electron chi connectivity index (χ2n) is 7.52. The number of anilines is 2. The molecule has 9 heteroatoms. The van der Waals surface area contributed by atoms with Gasteiger partial charge in [0.1, 0.15) is 12.4 Å². The van der Waals surface area contributed by atoms with Gasteiger partial charge >= 0.3 is 0 Å². The van der Waals surface area contributed by atoms with Gasteiger partial charge in [-0.05, 0) is 42.5 Å². The first kappa shape index (κ1) is 23.4. The van der Waals surface area contributed by atoms with Crippen LogP contribution in [-0.2, 0) is 16.2 Å². The number of nitrogens with one attached hydrogen (secondary N) is 2. The Kier molecular flexibility index (Phi) is 7.42. The SMILES string of the molecule is O=C(NNc1cc(Br)ccc1OCc1ccc(Cl)cc1Cl)[C@@H]1CC(=O)N(c2ccccc2)C1. The summed E-state index contributed by atoms with van der Waals surface area (Å²) in [5, 5.41) is 1.06. The Labute approximate surface area is 209 Å². The van der Waals surface area contributed by atoms with Crippen LogP contribution in [0.15, 0.2) is 71.2 Å². The summed E-state index contributed by atoms with van der Waals surface area (Å²) in [5.41, 5.74) is 7.76. The molecule has 1 aliphatic rings. The summed E-state index contributed by atoms with van der Waals surface area (Å²) in [4.78, 5) is 26.8. The Morgan fingerprint density at radius 2 is 1.88 bits per heavy atom. The van der Waals surface area contributed by atoms with Crippen LogP contribution in [0.25, 0.3) is 0 Å². The van der Waals surface area contributed by atoms with E-state index in [2.05, 4.69) is 26.8 Å². The van der Waals surface area contributed by atoms with E-state index in [1.165, 1.54) is 0 Å². The zero-order valence-corrected chi connectivity index (χ0v) is 20.5. The summed E-state index contributed by atoms with van der Waals surface area (Å²) in [6.07, 6.45) is 0.152. The monoisotopic (exact) mass is 547 g/mol. The first-order valence-electron chi connectivity index (χ1n) is 10.2. The topological polar surface area (TPSA) is 70.7 Å². The minimum Gasteiger partial charge on any atom is -0.487 e. The lowest BCUT2D eigenvalue weighted by molar-refractivity contribution is -0.125.